The van der Waals surface area contributed by atoms with Crippen molar-refractivity contribution in [1.29, 1.82) is 0 Å². The summed E-state index contributed by atoms with van der Waals surface area (Å²) in [6.45, 7) is 4.08. The molecule has 1 amide bonds. The number of nitrogens with two attached hydrogens (primary N) is 3. The molecule has 0 aliphatic rings. The molecular weight excluding hydrogens is 262 g/mol. The molecule has 116 valence electrons. The number of hydrogen-bond donors (Lipinski definition) is 5. The molecule has 0 fully saturated rings. The fourth-order valence-electron chi connectivity index (χ4n) is 1.54. The molecule has 20 heavy (non-hydrogen) atoms. The Balaban J connectivity index is 4.37. The first-order valence-corrected chi connectivity index (χ1v) is 6.63. The fraction of sp³-hybridized carbons (Fsp3) is 0.750. The minimum absolute atomic E-state index is 0.00826. The molecule has 0 aromatic rings. The number of aliphatic carboxylic acids is 1. The van der Waals surface area contributed by atoms with E-state index in [0.29, 0.717) is 13.0 Å². The van der Waals surface area contributed by atoms with E-state index in [1.807, 2.05) is 13.8 Å². The second-order valence-electron chi connectivity index (χ2n) is 4.76. The molecule has 8 heteroatoms. The van der Waals surface area contributed by atoms with Crippen LogP contribution in [0.15, 0.2) is 4.99 Å². The molecule has 8 N–H and O–H groups in total. The molecule has 0 aromatic carbocycles. The number of aliphatic imine (C=N–C) groups is 1. The number of carbonyl (C=O) groups excluding carboxylic acids is 1. The zero-order chi connectivity index (χ0) is 15.7. The van der Waals surface area contributed by atoms with Crippen molar-refractivity contribution in [3.05, 3.63) is 0 Å². The Morgan fingerprint density at radius 1 is 1.35 bits per heavy atom. The Morgan fingerprint density at radius 3 is 2.40 bits per heavy atom. The minimum atomic E-state index is -1.10. The van der Waals surface area contributed by atoms with Crippen LogP contribution in [0.2, 0.25) is 0 Å². The second kappa shape index (κ2) is 9.13. The highest BCUT2D eigenvalue weighted by Crippen LogP contribution is 2.06. The molecule has 0 rings (SSSR count). The standard InChI is InChI=1S/C12H25N5O3/c1-3-7(2)9(13)10(18)17-8(11(19)20)5-4-6-16-12(14)15/h7-9H,3-6,13H2,1-2H3,(H,17,18)(H,19,20)(H4,14,15,16)/t7?,8-,9?/m0/s1. The predicted molar refractivity (Wildman–Crippen MR) is 76.9 cm³/mol. The summed E-state index contributed by atoms with van der Waals surface area (Å²) in [6, 6.07) is -1.69. The van der Waals surface area contributed by atoms with Crippen molar-refractivity contribution in [1.82, 2.24) is 5.32 Å². The maximum Gasteiger partial charge on any atom is 0.326 e. The molecule has 8 nitrogen and oxygen atoms in total. The van der Waals surface area contributed by atoms with Gasteiger partial charge < -0.3 is 27.6 Å². The highest BCUT2D eigenvalue weighted by Gasteiger charge is 2.25. The van der Waals surface area contributed by atoms with E-state index in [0.717, 1.165) is 6.42 Å². The largest absolute Gasteiger partial charge is 0.480 e. The number of hydrogen-bond acceptors (Lipinski definition) is 4. The van der Waals surface area contributed by atoms with Crippen LogP contribution in [-0.2, 0) is 9.59 Å². The number of carboxylic acid groups (broad SMARTS) is 1. The van der Waals surface area contributed by atoms with Crippen LogP contribution in [0.25, 0.3) is 0 Å². The summed E-state index contributed by atoms with van der Waals surface area (Å²) in [6.07, 6.45) is 1.44. The van der Waals surface area contributed by atoms with Crippen molar-refractivity contribution in [2.45, 2.75) is 45.2 Å². The van der Waals surface area contributed by atoms with Gasteiger partial charge in [-0.25, -0.2) is 4.79 Å². The zero-order valence-electron chi connectivity index (χ0n) is 12.0. The van der Waals surface area contributed by atoms with Gasteiger partial charge in [0.15, 0.2) is 5.96 Å². The molecule has 0 saturated carbocycles. The Bertz CT molecular complexity index is 355. The maximum absolute atomic E-state index is 11.8. The quantitative estimate of drug-likeness (QED) is 0.207. The van der Waals surface area contributed by atoms with E-state index in [2.05, 4.69) is 10.3 Å². The summed E-state index contributed by atoms with van der Waals surface area (Å²) in [5.74, 6) is -1.60. The monoisotopic (exact) mass is 287 g/mol. The van der Waals surface area contributed by atoms with Gasteiger partial charge in [0.1, 0.15) is 6.04 Å². The Hall–Kier alpha value is -1.83. The topological polar surface area (TPSA) is 157 Å². The lowest BCUT2D eigenvalue weighted by molar-refractivity contribution is -0.142. The minimum Gasteiger partial charge on any atom is -0.480 e. The second-order valence-corrected chi connectivity index (χ2v) is 4.76. The van der Waals surface area contributed by atoms with E-state index in [1.54, 1.807) is 0 Å². The van der Waals surface area contributed by atoms with E-state index in [-0.39, 0.29) is 18.3 Å². The van der Waals surface area contributed by atoms with Crippen molar-refractivity contribution >= 4 is 17.8 Å². The van der Waals surface area contributed by atoms with Crippen molar-refractivity contribution in [3.8, 4) is 0 Å². The molecule has 0 radical (unpaired) electrons. The van der Waals surface area contributed by atoms with Gasteiger partial charge in [0.05, 0.1) is 6.04 Å². The number of rotatable bonds is 9. The Kier molecular flexibility index (Phi) is 8.30. The number of guanidine groups is 1. The number of carboxylic acids is 1. The van der Waals surface area contributed by atoms with Gasteiger partial charge in [-0.05, 0) is 18.8 Å². The van der Waals surface area contributed by atoms with Gasteiger partial charge in [0.25, 0.3) is 0 Å². The molecule has 0 saturated heterocycles. The third-order valence-electron chi connectivity index (χ3n) is 3.12. The van der Waals surface area contributed by atoms with E-state index in [9.17, 15) is 9.59 Å². The summed E-state index contributed by atoms with van der Waals surface area (Å²) in [4.78, 5) is 26.7. The Labute approximate surface area is 118 Å². The molecule has 0 aromatic heterocycles. The van der Waals surface area contributed by atoms with Gasteiger partial charge in [-0.2, -0.15) is 0 Å². The molecule has 0 aliphatic carbocycles. The maximum atomic E-state index is 11.8. The average Bonchev–Trinajstić information content (AvgIpc) is 2.39. The van der Waals surface area contributed by atoms with Crippen LogP contribution in [0.3, 0.4) is 0 Å². The molecule has 2 unspecified atom stereocenters. The fourth-order valence-corrected chi connectivity index (χ4v) is 1.54. The Morgan fingerprint density at radius 2 is 1.95 bits per heavy atom. The van der Waals surface area contributed by atoms with Crippen LogP contribution in [0, 0.1) is 5.92 Å². The van der Waals surface area contributed by atoms with E-state index in [4.69, 9.17) is 22.3 Å². The summed E-state index contributed by atoms with van der Waals surface area (Å²) in [5.41, 5.74) is 16.1. The summed E-state index contributed by atoms with van der Waals surface area (Å²) < 4.78 is 0. The lowest BCUT2D eigenvalue weighted by Gasteiger charge is -2.21. The summed E-state index contributed by atoms with van der Waals surface area (Å²) in [7, 11) is 0. The van der Waals surface area contributed by atoms with Crippen LogP contribution in [0.5, 0.6) is 0 Å². The predicted octanol–water partition coefficient (Wildman–Crippen LogP) is -1.02. The average molecular weight is 287 g/mol. The van der Waals surface area contributed by atoms with Gasteiger partial charge >= 0.3 is 5.97 Å². The first-order valence-electron chi connectivity index (χ1n) is 6.63. The first kappa shape index (κ1) is 18.2. The lowest BCUT2D eigenvalue weighted by Crippen LogP contribution is -2.50. The molecule has 0 aliphatic heterocycles. The third kappa shape index (κ3) is 6.93. The number of nitrogens with zero attached hydrogens (tertiary/aromatic N) is 1. The van der Waals surface area contributed by atoms with E-state index in [1.165, 1.54) is 0 Å². The zero-order valence-corrected chi connectivity index (χ0v) is 12.0. The van der Waals surface area contributed by atoms with Gasteiger partial charge in [-0.15, -0.1) is 0 Å². The van der Waals surface area contributed by atoms with Crippen molar-refractivity contribution in [2.24, 2.45) is 28.1 Å². The summed E-state index contributed by atoms with van der Waals surface area (Å²) in [5, 5.41) is 11.5. The van der Waals surface area contributed by atoms with Crippen LogP contribution < -0.4 is 22.5 Å². The number of amides is 1. The number of nitrogens with one attached hydrogen (secondary N) is 1. The summed E-state index contributed by atoms with van der Waals surface area (Å²) >= 11 is 0. The van der Waals surface area contributed by atoms with Gasteiger partial charge in [-0.1, -0.05) is 20.3 Å². The van der Waals surface area contributed by atoms with Crippen LogP contribution in [0.4, 0.5) is 0 Å². The molecule has 0 heterocycles. The van der Waals surface area contributed by atoms with Gasteiger partial charge in [0.2, 0.25) is 5.91 Å². The number of carbonyl (C=O) groups is 2. The lowest BCUT2D eigenvalue weighted by atomic mass is 9.99. The molecular formula is C12H25N5O3. The molecule has 0 bridgehead atoms. The first-order chi connectivity index (χ1) is 9.29. The van der Waals surface area contributed by atoms with Crippen molar-refractivity contribution in [2.75, 3.05) is 6.54 Å². The van der Waals surface area contributed by atoms with Crippen molar-refractivity contribution < 1.29 is 14.7 Å². The SMILES string of the molecule is CCC(C)C(N)C(=O)N[C@@H](CCCN=C(N)N)C(=O)O. The third-order valence-corrected chi connectivity index (χ3v) is 3.12. The molecule has 3 atom stereocenters. The van der Waals surface area contributed by atoms with Crippen LogP contribution in [-0.4, -0.2) is 41.6 Å². The smallest absolute Gasteiger partial charge is 0.326 e. The highest BCUT2D eigenvalue weighted by molar-refractivity contribution is 5.86. The van der Waals surface area contributed by atoms with Crippen LogP contribution >= 0.6 is 0 Å². The highest BCUT2D eigenvalue weighted by atomic mass is 16.4. The van der Waals surface area contributed by atoms with E-state index >= 15 is 0 Å². The van der Waals surface area contributed by atoms with Crippen LogP contribution in [0.1, 0.15) is 33.1 Å². The van der Waals surface area contributed by atoms with Gasteiger partial charge in [-0.3, -0.25) is 9.79 Å². The normalized spacial score (nSPS) is 14.9. The molecule has 0 spiro atoms. The van der Waals surface area contributed by atoms with Gasteiger partial charge in [0, 0.05) is 6.54 Å². The van der Waals surface area contributed by atoms with E-state index < -0.39 is 24.0 Å². The van der Waals surface area contributed by atoms with Crippen molar-refractivity contribution in [3.63, 3.8) is 0 Å².